The molecule has 1 nitrogen and oxygen atoms in total. The SMILES string of the molecule is CCCCC(CBr)(C(=O)Cl)c1ccccc1. The second-order valence-corrected chi connectivity index (χ2v) is 4.86. The largest absolute Gasteiger partial charge is 0.280 e. The molecule has 0 spiro atoms. The standard InChI is InChI=1S/C13H16BrClO/c1-2-3-9-13(10-14,12(15)16)11-7-5-4-6-8-11/h4-8H,2-3,9-10H2,1H3. The van der Waals surface area contributed by atoms with E-state index >= 15 is 0 Å². The van der Waals surface area contributed by atoms with E-state index in [0.29, 0.717) is 5.33 Å². The Hall–Kier alpha value is -0.340. The topological polar surface area (TPSA) is 17.1 Å². The van der Waals surface area contributed by atoms with Crippen molar-refractivity contribution in [1.29, 1.82) is 0 Å². The molecule has 16 heavy (non-hydrogen) atoms. The van der Waals surface area contributed by atoms with Gasteiger partial charge in [0, 0.05) is 5.33 Å². The van der Waals surface area contributed by atoms with Crippen molar-refractivity contribution < 1.29 is 4.79 Å². The van der Waals surface area contributed by atoms with Crippen LogP contribution >= 0.6 is 27.5 Å². The Morgan fingerprint density at radius 1 is 1.38 bits per heavy atom. The molecule has 0 aliphatic heterocycles. The molecule has 0 fully saturated rings. The number of hydrogen-bond donors (Lipinski definition) is 0. The second-order valence-electron chi connectivity index (χ2n) is 3.96. The summed E-state index contributed by atoms with van der Waals surface area (Å²) in [6.45, 7) is 2.11. The van der Waals surface area contributed by atoms with Gasteiger partial charge in [-0.25, -0.2) is 0 Å². The van der Waals surface area contributed by atoms with E-state index in [1.54, 1.807) is 0 Å². The molecule has 1 rings (SSSR count). The van der Waals surface area contributed by atoms with Gasteiger partial charge in [-0.15, -0.1) is 0 Å². The molecule has 0 heterocycles. The minimum atomic E-state index is -0.571. The smallest absolute Gasteiger partial charge is 0.233 e. The van der Waals surface area contributed by atoms with Crippen LogP contribution in [0.15, 0.2) is 30.3 Å². The molecule has 1 atom stereocenters. The monoisotopic (exact) mass is 302 g/mol. The lowest BCUT2D eigenvalue weighted by Gasteiger charge is -2.28. The molecule has 0 aromatic heterocycles. The number of carbonyl (C=O) groups is 1. The Morgan fingerprint density at radius 3 is 2.44 bits per heavy atom. The van der Waals surface area contributed by atoms with E-state index in [2.05, 4.69) is 22.9 Å². The Balaban J connectivity index is 3.07. The Bertz CT molecular complexity index is 339. The summed E-state index contributed by atoms with van der Waals surface area (Å²) in [6, 6.07) is 9.77. The van der Waals surface area contributed by atoms with Crippen LogP contribution in [0.1, 0.15) is 31.7 Å². The van der Waals surface area contributed by atoms with Crippen molar-refractivity contribution in [2.45, 2.75) is 31.6 Å². The number of alkyl halides is 1. The third-order valence-electron chi connectivity index (χ3n) is 2.89. The van der Waals surface area contributed by atoms with Crippen molar-refractivity contribution in [2.24, 2.45) is 0 Å². The molecule has 1 aromatic carbocycles. The summed E-state index contributed by atoms with van der Waals surface area (Å²) in [5, 5.41) is 0.302. The fourth-order valence-corrected chi connectivity index (χ4v) is 3.08. The summed E-state index contributed by atoms with van der Waals surface area (Å²) < 4.78 is 0. The third-order valence-corrected chi connectivity index (χ3v) is 4.21. The molecule has 0 radical (unpaired) electrons. The van der Waals surface area contributed by atoms with Crippen molar-refractivity contribution in [1.82, 2.24) is 0 Å². The molecule has 88 valence electrons. The third kappa shape index (κ3) is 2.86. The van der Waals surface area contributed by atoms with Gasteiger partial charge in [-0.05, 0) is 23.6 Å². The molecule has 0 aliphatic carbocycles. The highest BCUT2D eigenvalue weighted by atomic mass is 79.9. The summed E-state index contributed by atoms with van der Waals surface area (Å²) in [7, 11) is 0. The maximum Gasteiger partial charge on any atom is 0.233 e. The minimum absolute atomic E-state index is 0.274. The van der Waals surface area contributed by atoms with E-state index < -0.39 is 5.41 Å². The Morgan fingerprint density at radius 2 is 2.00 bits per heavy atom. The molecule has 0 amide bonds. The number of halogens is 2. The summed E-state index contributed by atoms with van der Waals surface area (Å²) in [5.74, 6) is 0. The first-order valence-electron chi connectivity index (χ1n) is 5.49. The van der Waals surface area contributed by atoms with Gasteiger partial charge in [0.25, 0.3) is 0 Å². The van der Waals surface area contributed by atoms with Crippen LogP contribution < -0.4 is 0 Å². The molecule has 0 aliphatic rings. The molecule has 0 N–H and O–H groups in total. The lowest BCUT2D eigenvalue weighted by Crippen LogP contribution is -2.34. The number of hydrogen-bond acceptors (Lipinski definition) is 1. The highest BCUT2D eigenvalue weighted by Gasteiger charge is 2.37. The number of unbranched alkanes of at least 4 members (excludes halogenated alkanes) is 1. The van der Waals surface area contributed by atoms with E-state index in [9.17, 15) is 4.79 Å². The fourth-order valence-electron chi connectivity index (χ4n) is 1.79. The van der Waals surface area contributed by atoms with Gasteiger partial charge < -0.3 is 0 Å². The van der Waals surface area contributed by atoms with Crippen molar-refractivity contribution in [3.8, 4) is 0 Å². The van der Waals surface area contributed by atoms with Gasteiger partial charge in [-0.2, -0.15) is 0 Å². The van der Waals surface area contributed by atoms with Crippen molar-refractivity contribution in [3.63, 3.8) is 0 Å². The first-order valence-corrected chi connectivity index (χ1v) is 6.98. The number of carbonyl (C=O) groups excluding carboxylic acids is 1. The molecule has 3 heteroatoms. The lowest BCUT2D eigenvalue weighted by molar-refractivity contribution is -0.116. The summed E-state index contributed by atoms with van der Waals surface area (Å²) in [6.07, 6.45) is 2.85. The molecule has 0 saturated carbocycles. The average Bonchev–Trinajstić information content (AvgIpc) is 2.31. The average molecular weight is 304 g/mol. The molecular formula is C13H16BrClO. The molecular weight excluding hydrogens is 287 g/mol. The van der Waals surface area contributed by atoms with Gasteiger partial charge in [0.15, 0.2) is 0 Å². The lowest BCUT2D eigenvalue weighted by atomic mass is 9.79. The van der Waals surface area contributed by atoms with Crippen LogP contribution in [0.4, 0.5) is 0 Å². The van der Waals surface area contributed by atoms with Gasteiger partial charge in [-0.3, -0.25) is 4.79 Å². The predicted molar refractivity (Wildman–Crippen MR) is 72.3 cm³/mol. The van der Waals surface area contributed by atoms with Crippen LogP contribution in [0.2, 0.25) is 0 Å². The first-order chi connectivity index (χ1) is 7.67. The van der Waals surface area contributed by atoms with E-state index in [1.165, 1.54) is 0 Å². The van der Waals surface area contributed by atoms with E-state index in [-0.39, 0.29) is 5.24 Å². The zero-order valence-corrected chi connectivity index (χ0v) is 11.7. The van der Waals surface area contributed by atoms with Gasteiger partial charge >= 0.3 is 0 Å². The first kappa shape index (κ1) is 13.7. The maximum absolute atomic E-state index is 11.7. The van der Waals surface area contributed by atoms with Crippen LogP contribution in [0.3, 0.4) is 0 Å². The molecule has 1 unspecified atom stereocenters. The normalized spacial score (nSPS) is 14.4. The Kier molecular flexibility index (Phi) is 5.50. The van der Waals surface area contributed by atoms with Crippen LogP contribution in [0, 0.1) is 0 Å². The zero-order valence-electron chi connectivity index (χ0n) is 9.38. The van der Waals surface area contributed by atoms with Crippen molar-refractivity contribution in [2.75, 3.05) is 5.33 Å². The van der Waals surface area contributed by atoms with Crippen LogP contribution in [-0.4, -0.2) is 10.6 Å². The fraction of sp³-hybridized carbons (Fsp3) is 0.462. The predicted octanol–water partition coefficient (Wildman–Crippen LogP) is 4.27. The van der Waals surface area contributed by atoms with Crippen LogP contribution in [-0.2, 0) is 10.2 Å². The van der Waals surface area contributed by atoms with E-state index in [4.69, 9.17) is 11.6 Å². The summed E-state index contributed by atoms with van der Waals surface area (Å²) in [5.41, 5.74) is 0.430. The maximum atomic E-state index is 11.7. The number of benzene rings is 1. The zero-order chi connectivity index (χ0) is 12.0. The summed E-state index contributed by atoms with van der Waals surface area (Å²) in [4.78, 5) is 11.7. The summed E-state index contributed by atoms with van der Waals surface area (Å²) >= 11 is 9.24. The van der Waals surface area contributed by atoms with Crippen molar-refractivity contribution >= 4 is 32.8 Å². The van der Waals surface area contributed by atoms with Gasteiger partial charge in [-0.1, -0.05) is 66.0 Å². The highest BCUT2D eigenvalue weighted by Crippen LogP contribution is 2.34. The quantitative estimate of drug-likeness (QED) is 0.566. The van der Waals surface area contributed by atoms with E-state index in [0.717, 1.165) is 24.8 Å². The molecule has 0 saturated heterocycles. The van der Waals surface area contributed by atoms with Gasteiger partial charge in [0.05, 0.1) is 5.41 Å². The number of rotatable bonds is 6. The molecule has 1 aromatic rings. The van der Waals surface area contributed by atoms with Crippen LogP contribution in [0.5, 0.6) is 0 Å². The van der Waals surface area contributed by atoms with E-state index in [1.807, 2.05) is 30.3 Å². The van der Waals surface area contributed by atoms with Gasteiger partial charge in [0.2, 0.25) is 5.24 Å². The second kappa shape index (κ2) is 6.41. The Labute approximate surface area is 110 Å². The van der Waals surface area contributed by atoms with Crippen molar-refractivity contribution in [3.05, 3.63) is 35.9 Å². The van der Waals surface area contributed by atoms with Gasteiger partial charge in [0.1, 0.15) is 0 Å². The van der Waals surface area contributed by atoms with Crippen LogP contribution in [0.25, 0.3) is 0 Å². The minimum Gasteiger partial charge on any atom is -0.280 e. The highest BCUT2D eigenvalue weighted by molar-refractivity contribution is 9.09. The molecule has 0 bridgehead atoms.